The summed E-state index contributed by atoms with van der Waals surface area (Å²) in [5.74, 6) is -1.34. The Morgan fingerprint density at radius 3 is 2.86 bits per heavy atom. The number of fused-ring (bicyclic) bond motifs is 1. The third-order valence-electron chi connectivity index (χ3n) is 4.82. The number of halogens is 1. The fraction of sp³-hybridized carbons (Fsp3) is 0.250. The van der Waals surface area contributed by atoms with Crippen molar-refractivity contribution in [2.24, 2.45) is 11.5 Å². The minimum absolute atomic E-state index is 0.00593. The first-order valence-electron chi connectivity index (χ1n) is 9.23. The number of pyridine rings is 2. The van der Waals surface area contributed by atoms with E-state index in [1.807, 2.05) is 30.3 Å². The quantitative estimate of drug-likeness (QED) is 0.520. The molecule has 2 atom stereocenters. The maximum absolute atomic E-state index is 14.6. The molecule has 1 saturated heterocycles. The van der Waals surface area contributed by atoms with Crippen molar-refractivity contribution >= 4 is 34.1 Å². The Balaban J connectivity index is 1.67. The summed E-state index contributed by atoms with van der Waals surface area (Å²) in [6.45, 7) is 0.909. The molecular formula is C20H21FN6O2. The number of nitrogens with one attached hydrogen (secondary N) is 2. The van der Waals surface area contributed by atoms with Crippen LogP contribution < -0.4 is 22.1 Å². The molecule has 2 aromatic heterocycles. The highest BCUT2D eigenvalue weighted by Crippen LogP contribution is 2.26. The fourth-order valence-electron chi connectivity index (χ4n) is 3.26. The van der Waals surface area contributed by atoms with Gasteiger partial charge in [0, 0.05) is 24.1 Å². The molecule has 0 spiro atoms. The van der Waals surface area contributed by atoms with Crippen LogP contribution in [0.5, 0.6) is 0 Å². The number of primary amides is 1. The summed E-state index contributed by atoms with van der Waals surface area (Å²) < 4.78 is 19.9. The highest BCUT2D eigenvalue weighted by molar-refractivity contribution is 5.98. The maximum Gasteiger partial charge on any atom is 0.252 e. The largest absolute Gasteiger partial charge is 0.380 e. The predicted octanol–water partition coefficient (Wildman–Crippen LogP) is 2.14. The van der Waals surface area contributed by atoms with Crippen LogP contribution in [0.1, 0.15) is 16.8 Å². The standard InChI is InChI=1S/C20H21FN6O2/c21-14-8-13(18(23)28)19(27-20(14)26-17-5-6-29-10-15(17)22)25-12-7-11-3-1-2-4-16(11)24-9-12/h1-4,7-9,15,17H,5-6,10,22H2,(H2,23,28)(H2,25,26,27)/t15-,17+/m0/s1. The van der Waals surface area contributed by atoms with E-state index in [-0.39, 0.29) is 29.3 Å². The van der Waals surface area contributed by atoms with Gasteiger partial charge in [-0.3, -0.25) is 9.78 Å². The third-order valence-corrected chi connectivity index (χ3v) is 4.82. The van der Waals surface area contributed by atoms with Crippen molar-refractivity contribution in [1.82, 2.24) is 9.97 Å². The fourth-order valence-corrected chi connectivity index (χ4v) is 3.26. The zero-order valence-corrected chi connectivity index (χ0v) is 15.6. The molecule has 1 aromatic carbocycles. The highest BCUT2D eigenvalue weighted by Gasteiger charge is 2.25. The van der Waals surface area contributed by atoms with E-state index < -0.39 is 11.7 Å². The average molecular weight is 396 g/mol. The minimum Gasteiger partial charge on any atom is -0.380 e. The molecule has 3 heterocycles. The van der Waals surface area contributed by atoms with Gasteiger partial charge >= 0.3 is 0 Å². The van der Waals surface area contributed by atoms with Crippen LogP contribution in [-0.2, 0) is 4.74 Å². The van der Waals surface area contributed by atoms with Crippen molar-refractivity contribution in [2.45, 2.75) is 18.5 Å². The number of carbonyl (C=O) groups excluding carboxylic acids is 1. The number of amides is 1. The molecule has 0 radical (unpaired) electrons. The number of nitrogens with two attached hydrogens (primary N) is 2. The smallest absolute Gasteiger partial charge is 0.252 e. The van der Waals surface area contributed by atoms with E-state index in [9.17, 15) is 9.18 Å². The van der Waals surface area contributed by atoms with Gasteiger partial charge in [-0.25, -0.2) is 9.37 Å². The lowest BCUT2D eigenvalue weighted by Gasteiger charge is -2.30. The van der Waals surface area contributed by atoms with Gasteiger partial charge in [0.1, 0.15) is 5.82 Å². The molecule has 6 N–H and O–H groups in total. The molecule has 29 heavy (non-hydrogen) atoms. The summed E-state index contributed by atoms with van der Waals surface area (Å²) in [6.07, 6.45) is 2.23. The molecule has 0 unspecified atom stereocenters. The summed E-state index contributed by atoms with van der Waals surface area (Å²) in [7, 11) is 0. The Morgan fingerprint density at radius 1 is 1.24 bits per heavy atom. The summed E-state index contributed by atoms with van der Waals surface area (Å²) in [6, 6.07) is 10.1. The number of hydrogen-bond acceptors (Lipinski definition) is 7. The molecule has 3 aromatic rings. The first-order chi connectivity index (χ1) is 14.0. The number of benzene rings is 1. The van der Waals surface area contributed by atoms with Crippen molar-refractivity contribution in [3.63, 3.8) is 0 Å². The molecule has 0 bridgehead atoms. The van der Waals surface area contributed by atoms with Gasteiger partial charge in [0.15, 0.2) is 11.6 Å². The van der Waals surface area contributed by atoms with Crippen molar-refractivity contribution < 1.29 is 13.9 Å². The van der Waals surface area contributed by atoms with Crippen LogP contribution in [0.25, 0.3) is 10.9 Å². The summed E-state index contributed by atoms with van der Waals surface area (Å²) >= 11 is 0. The first kappa shape index (κ1) is 19.0. The van der Waals surface area contributed by atoms with Crippen LogP contribution in [0.3, 0.4) is 0 Å². The van der Waals surface area contributed by atoms with Crippen molar-refractivity contribution in [2.75, 3.05) is 23.8 Å². The Kier molecular flexibility index (Phi) is 5.24. The lowest BCUT2D eigenvalue weighted by atomic mass is 10.0. The Bertz CT molecular complexity index is 1060. The second-order valence-electron chi connectivity index (χ2n) is 6.90. The van der Waals surface area contributed by atoms with E-state index >= 15 is 0 Å². The molecule has 0 saturated carbocycles. The maximum atomic E-state index is 14.6. The van der Waals surface area contributed by atoms with Crippen molar-refractivity contribution in [1.29, 1.82) is 0 Å². The molecule has 1 amide bonds. The Hall–Kier alpha value is -3.30. The van der Waals surface area contributed by atoms with Crippen molar-refractivity contribution in [3.8, 4) is 0 Å². The van der Waals surface area contributed by atoms with E-state index in [2.05, 4.69) is 20.6 Å². The summed E-state index contributed by atoms with van der Waals surface area (Å²) in [5.41, 5.74) is 12.8. The number of para-hydroxylation sites is 1. The number of nitrogens with zero attached hydrogens (tertiary/aromatic N) is 2. The van der Waals surface area contributed by atoms with E-state index in [0.717, 1.165) is 17.0 Å². The van der Waals surface area contributed by atoms with Crippen LogP contribution in [0.2, 0.25) is 0 Å². The van der Waals surface area contributed by atoms with Gasteiger partial charge in [-0.1, -0.05) is 18.2 Å². The van der Waals surface area contributed by atoms with Gasteiger partial charge in [-0.05, 0) is 24.6 Å². The van der Waals surface area contributed by atoms with E-state index in [0.29, 0.717) is 25.3 Å². The molecule has 4 rings (SSSR count). The number of anilines is 3. The lowest BCUT2D eigenvalue weighted by molar-refractivity contribution is 0.0751. The number of carbonyl (C=O) groups is 1. The topological polar surface area (TPSA) is 128 Å². The Morgan fingerprint density at radius 2 is 2.07 bits per heavy atom. The number of aromatic nitrogens is 2. The van der Waals surface area contributed by atoms with Gasteiger partial charge in [0.2, 0.25) is 0 Å². The zero-order chi connectivity index (χ0) is 20.4. The summed E-state index contributed by atoms with van der Waals surface area (Å²) in [4.78, 5) is 20.5. The molecule has 1 aliphatic heterocycles. The van der Waals surface area contributed by atoms with Gasteiger partial charge in [0.25, 0.3) is 5.91 Å². The number of hydrogen-bond donors (Lipinski definition) is 4. The third kappa shape index (κ3) is 4.10. The van der Waals surface area contributed by atoms with Gasteiger partial charge in [-0.15, -0.1) is 0 Å². The zero-order valence-electron chi connectivity index (χ0n) is 15.6. The van der Waals surface area contributed by atoms with Gasteiger partial charge < -0.3 is 26.8 Å². The average Bonchev–Trinajstić information content (AvgIpc) is 2.71. The van der Waals surface area contributed by atoms with Gasteiger partial charge in [-0.2, -0.15) is 0 Å². The minimum atomic E-state index is -0.790. The molecule has 1 fully saturated rings. The lowest BCUT2D eigenvalue weighted by Crippen LogP contribution is -2.47. The van der Waals surface area contributed by atoms with Crippen LogP contribution in [0.15, 0.2) is 42.6 Å². The number of ether oxygens (including phenoxy) is 1. The first-order valence-corrected chi connectivity index (χ1v) is 9.23. The van der Waals surface area contributed by atoms with Crippen LogP contribution >= 0.6 is 0 Å². The molecule has 150 valence electrons. The van der Waals surface area contributed by atoms with E-state index in [1.165, 1.54) is 0 Å². The predicted molar refractivity (Wildman–Crippen MR) is 109 cm³/mol. The van der Waals surface area contributed by atoms with Crippen LogP contribution in [0.4, 0.5) is 21.7 Å². The second-order valence-corrected chi connectivity index (χ2v) is 6.90. The van der Waals surface area contributed by atoms with Crippen LogP contribution in [-0.4, -0.2) is 41.2 Å². The molecule has 9 heteroatoms. The summed E-state index contributed by atoms with van der Waals surface area (Å²) in [5, 5.41) is 6.96. The monoisotopic (exact) mass is 396 g/mol. The molecule has 8 nitrogen and oxygen atoms in total. The molecule has 0 aliphatic carbocycles. The van der Waals surface area contributed by atoms with Crippen molar-refractivity contribution in [3.05, 3.63) is 54.0 Å². The van der Waals surface area contributed by atoms with Crippen LogP contribution in [0, 0.1) is 5.82 Å². The van der Waals surface area contributed by atoms with Gasteiger partial charge in [0.05, 0.1) is 29.6 Å². The molecule has 1 aliphatic rings. The number of rotatable bonds is 5. The van der Waals surface area contributed by atoms with E-state index in [1.54, 1.807) is 6.20 Å². The molecular weight excluding hydrogens is 375 g/mol. The SMILES string of the molecule is NC(=O)c1cc(F)c(N[C@@H]2CCOC[C@@H]2N)nc1Nc1cnc2ccccc2c1. The van der Waals surface area contributed by atoms with E-state index in [4.69, 9.17) is 16.2 Å². The second kappa shape index (κ2) is 7.98. The Labute approximate surface area is 166 Å². The highest BCUT2D eigenvalue weighted by atomic mass is 19.1. The normalized spacial score (nSPS) is 19.1.